The first kappa shape index (κ1) is 18.4. The molecule has 0 radical (unpaired) electrons. The maximum atomic E-state index is 12.5. The van der Waals surface area contributed by atoms with E-state index in [1.807, 2.05) is 43.9 Å². The molecule has 1 heterocycles. The first-order chi connectivity index (χ1) is 11.3. The molecule has 1 N–H and O–H groups in total. The van der Waals surface area contributed by atoms with Crippen molar-refractivity contribution in [3.05, 3.63) is 23.8 Å². The first-order valence-electron chi connectivity index (χ1n) is 8.25. The minimum atomic E-state index is -0.496. The lowest BCUT2D eigenvalue weighted by Gasteiger charge is -2.37. The Hall–Kier alpha value is -1.95. The SMILES string of the molecule is COc1ccc(C[C@H]2CNCCN2C(=O)OC(C)(C)C)c(OC)c1. The van der Waals surface area contributed by atoms with Crippen molar-refractivity contribution in [2.24, 2.45) is 0 Å². The molecular weight excluding hydrogens is 308 g/mol. The topological polar surface area (TPSA) is 60.0 Å². The minimum Gasteiger partial charge on any atom is -0.497 e. The summed E-state index contributed by atoms with van der Waals surface area (Å²) in [5, 5.41) is 3.35. The van der Waals surface area contributed by atoms with Crippen LogP contribution in [0.4, 0.5) is 4.79 Å². The van der Waals surface area contributed by atoms with Crippen molar-refractivity contribution in [1.29, 1.82) is 0 Å². The molecule has 1 amide bonds. The van der Waals surface area contributed by atoms with Crippen LogP contribution in [0.3, 0.4) is 0 Å². The first-order valence-corrected chi connectivity index (χ1v) is 8.25. The lowest BCUT2D eigenvalue weighted by atomic mass is 10.0. The van der Waals surface area contributed by atoms with E-state index in [0.717, 1.165) is 30.2 Å². The molecule has 0 bridgehead atoms. The van der Waals surface area contributed by atoms with E-state index in [9.17, 15) is 4.79 Å². The molecule has 0 unspecified atom stereocenters. The summed E-state index contributed by atoms with van der Waals surface area (Å²) in [6, 6.07) is 5.78. The van der Waals surface area contributed by atoms with Gasteiger partial charge in [-0.05, 0) is 38.8 Å². The molecule has 1 aromatic carbocycles. The Balaban J connectivity index is 2.15. The number of amides is 1. The van der Waals surface area contributed by atoms with Gasteiger partial charge in [-0.2, -0.15) is 0 Å². The van der Waals surface area contributed by atoms with Crippen LogP contribution in [0.1, 0.15) is 26.3 Å². The summed E-state index contributed by atoms with van der Waals surface area (Å²) in [5.74, 6) is 1.52. The van der Waals surface area contributed by atoms with E-state index >= 15 is 0 Å². The molecule has 1 aliphatic heterocycles. The Morgan fingerprint density at radius 3 is 2.67 bits per heavy atom. The average molecular weight is 336 g/mol. The summed E-state index contributed by atoms with van der Waals surface area (Å²) < 4.78 is 16.3. The fourth-order valence-electron chi connectivity index (χ4n) is 2.78. The van der Waals surface area contributed by atoms with Crippen LogP contribution < -0.4 is 14.8 Å². The second-order valence-corrected chi connectivity index (χ2v) is 6.91. The lowest BCUT2D eigenvalue weighted by Crippen LogP contribution is -2.55. The number of nitrogens with zero attached hydrogens (tertiary/aromatic N) is 1. The van der Waals surface area contributed by atoms with Crippen molar-refractivity contribution in [3.63, 3.8) is 0 Å². The van der Waals surface area contributed by atoms with Gasteiger partial charge in [-0.25, -0.2) is 4.79 Å². The molecule has 2 rings (SSSR count). The highest BCUT2D eigenvalue weighted by Gasteiger charge is 2.31. The van der Waals surface area contributed by atoms with Crippen LogP contribution in [-0.2, 0) is 11.2 Å². The molecule has 0 saturated carbocycles. The van der Waals surface area contributed by atoms with E-state index in [4.69, 9.17) is 14.2 Å². The van der Waals surface area contributed by atoms with Crippen molar-refractivity contribution >= 4 is 6.09 Å². The lowest BCUT2D eigenvalue weighted by molar-refractivity contribution is 0.0121. The zero-order valence-corrected chi connectivity index (χ0v) is 15.2. The van der Waals surface area contributed by atoms with Crippen LogP contribution in [-0.4, -0.2) is 56.5 Å². The van der Waals surface area contributed by atoms with Gasteiger partial charge in [-0.15, -0.1) is 0 Å². The number of rotatable bonds is 4. The summed E-state index contributed by atoms with van der Waals surface area (Å²) in [5.41, 5.74) is 0.546. The normalized spacial score (nSPS) is 18.2. The minimum absolute atomic E-state index is 0.0240. The molecule has 0 aliphatic carbocycles. The van der Waals surface area contributed by atoms with Crippen LogP contribution >= 0.6 is 0 Å². The predicted octanol–water partition coefficient (Wildman–Crippen LogP) is 2.46. The number of piperazine rings is 1. The number of hydrogen-bond donors (Lipinski definition) is 1. The van der Waals surface area contributed by atoms with Gasteiger partial charge in [0.05, 0.1) is 20.3 Å². The molecule has 6 nitrogen and oxygen atoms in total. The van der Waals surface area contributed by atoms with E-state index in [0.29, 0.717) is 13.0 Å². The van der Waals surface area contributed by atoms with Crippen LogP contribution in [0, 0.1) is 0 Å². The van der Waals surface area contributed by atoms with Crippen molar-refractivity contribution in [1.82, 2.24) is 10.2 Å². The van der Waals surface area contributed by atoms with Crippen molar-refractivity contribution in [3.8, 4) is 11.5 Å². The van der Waals surface area contributed by atoms with Gasteiger partial charge in [0, 0.05) is 25.7 Å². The Labute approximate surface area is 144 Å². The van der Waals surface area contributed by atoms with E-state index in [1.54, 1.807) is 14.2 Å². The highest BCUT2D eigenvalue weighted by molar-refractivity contribution is 5.69. The molecular formula is C18H28N2O4. The maximum absolute atomic E-state index is 12.5. The zero-order chi connectivity index (χ0) is 17.7. The highest BCUT2D eigenvalue weighted by atomic mass is 16.6. The molecule has 24 heavy (non-hydrogen) atoms. The third-order valence-corrected chi connectivity index (χ3v) is 3.93. The number of hydrogen-bond acceptors (Lipinski definition) is 5. The zero-order valence-electron chi connectivity index (χ0n) is 15.2. The predicted molar refractivity (Wildman–Crippen MR) is 92.8 cm³/mol. The quantitative estimate of drug-likeness (QED) is 0.915. The van der Waals surface area contributed by atoms with Gasteiger partial charge in [0.25, 0.3) is 0 Å². The fourth-order valence-corrected chi connectivity index (χ4v) is 2.78. The monoisotopic (exact) mass is 336 g/mol. The summed E-state index contributed by atoms with van der Waals surface area (Å²) >= 11 is 0. The fraction of sp³-hybridized carbons (Fsp3) is 0.611. The van der Waals surface area contributed by atoms with Gasteiger partial charge in [-0.3, -0.25) is 0 Å². The maximum Gasteiger partial charge on any atom is 0.410 e. The Bertz CT molecular complexity index is 569. The van der Waals surface area contributed by atoms with Crippen molar-refractivity contribution in [2.45, 2.75) is 38.8 Å². The number of nitrogens with one attached hydrogen (secondary N) is 1. The number of carbonyl (C=O) groups is 1. The summed E-state index contributed by atoms with van der Waals surface area (Å²) in [4.78, 5) is 14.3. The summed E-state index contributed by atoms with van der Waals surface area (Å²) in [7, 11) is 3.27. The van der Waals surface area contributed by atoms with E-state index in [1.165, 1.54) is 0 Å². The van der Waals surface area contributed by atoms with Crippen LogP contribution in [0.25, 0.3) is 0 Å². The average Bonchev–Trinajstić information content (AvgIpc) is 2.54. The smallest absolute Gasteiger partial charge is 0.410 e. The number of ether oxygens (including phenoxy) is 3. The van der Waals surface area contributed by atoms with Gasteiger partial charge >= 0.3 is 6.09 Å². The number of methoxy groups -OCH3 is 2. The summed E-state index contributed by atoms with van der Waals surface area (Å²) in [6.45, 7) is 7.79. The van der Waals surface area contributed by atoms with Gasteiger partial charge < -0.3 is 24.4 Å². The van der Waals surface area contributed by atoms with Gasteiger partial charge in [-0.1, -0.05) is 6.07 Å². The summed E-state index contributed by atoms with van der Waals surface area (Å²) in [6.07, 6.45) is 0.431. The van der Waals surface area contributed by atoms with Crippen molar-refractivity contribution in [2.75, 3.05) is 33.9 Å². The Morgan fingerprint density at radius 2 is 2.04 bits per heavy atom. The van der Waals surface area contributed by atoms with Crippen LogP contribution in [0.2, 0.25) is 0 Å². The molecule has 0 spiro atoms. The Kier molecular flexibility index (Phi) is 5.94. The third kappa shape index (κ3) is 4.77. The third-order valence-electron chi connectivity index (χ3n) is 3.93. The van der Waals surface area contributed by atoms with Gasteiger partial charge in [0.1, 0.15) is 17.1 Å². The van der Waals surface area contributed by atoms with E-state index in [-0.39, 0.29) is 12.1 Å². The van der Waals surface area contributed by atoms with Gasteiger partial charge in [0.15, 0.2) is 0 Å². The molecule has 1 aliphatic rings. The van der Waals surface area contributed by atoms with Crippen molar-refractivity contribution < 1.29 is 19.0 Å². The highest BCUT2D eigenvalue weighted by Crippen LogP contribution is 2.27. The largest absolute Gasteiger partial charge is 0.497 e. The van der Waals surface area contributed by atoms with Crippen LogP contribution in [0.5, 0.6) is 11.5 Å². The Morgan fingerprint density at radius 1 is 1.29 bits per heavy atom. The van der Waals surface area contributed by atoms with E-state index in [2.05, 4.69) is 5.32 Å². The molecule has 6 heteroatoms. The number of carbonyl (C=O) groups excluding carboxylic acids is 1. The second-order valence-electron chi connectivity index (χ2n) is 6.91. The molecule has 0 aromatic heterocycles. The second kappa shape index (κ2) is 7.75. The number of benzene rings is 1. The van der Waals surface area contributed by atoms with Gasteiger partial charge in [0.2, 0.25) is 0 Å². The molecule has 1 aromatic rings. The molecule has 134 valence electrons. The van der Waals surface area contributed by atoms with Crippen LogP contribution in [0.15, 0.2) is 18.2 Å². The van der Waals surface area contributed by atoms with E-state index < -0.39 is 5.60 Å². The standard InChI is InChI=1S/C18H28N2O4/c1-18(2,3)24-17(21)20-9-8-19-12-14(20)10-13-6-7-15(22-4)11-16(13)23-5/h6-7,11,14,19H,8-10,12H2,1-5H3/t14-/m0/s1. The molecule has 1 fully saturated rings. The molecule has 1 saturated heterocycles. The molecule has 1 atom stereocenters.